The minimum absolute atomic E-state index is 0.207. The van der Waals surface area contributed by atoms with Crippen LogP contribution in [-0.2, 0) is 27.8 Å². The van der Waals surface area contributed by atoms with Crippen LogP contribution in [0.3, 0.4) is 0 Å². The van der Waals surface area contributed by atoms with Gasteiger partial charge < -0.3 is 14.5 Å². The summed E-state index contributed by atoms with van der Waals surface area (Å²) < 4.78 is 8.67. The van der Waals surface area contributed by atoms with Gasteiger partial charge in [0, 0.05) is 32.6 Å². The van der Waals surface area contributed by atoms with Gasteiger partial charge in [0.25, 0.3) is 0 Å². The molecule has 3 aliphatic heterocycles. The van der Waals surface area contributed by atoms with Crippen LogP contribution in [0.1, 0.15) is 70.9 Å². The van der Waals surface area contributed by atoms with Crippen molar-refractivity contribution in [1.29, 1.82) is 0 Å². The minimum Gasteiger partial charge on any atom is -0.444 e. The van der Waals surface area contributed by atoms with Gasteiger partial charge in [0.15, 0.2) is 0 Å². The van der Waals surface area contributed by atoms with E-state index < -0.39 is 17.6 Å². The zero-order valence-electron chi connectivity index (χ0n) is 23.6. The molecule has 0 radical (unpaired) electrons. The number of carbonyl (C=O) groups is 3. The molecule has 0 spiro atoms. The monoisotopic (exact) mass is 539 g/mol. The molecule has 0 saturated carbocycles. The fourth-order valence-corrected chi connectivity index (χ4v) is 6.36. The van der Waals surface area contributed by atoms with Crippen molar-refractivity contribution in [3.63, 3.8) is 0 Å². The van der Waals surface area contributed by atoms with Crippen molar-refractivity contribution in [1.82, 2.24) is 24.3 Å². The summed E-state index contributed by atoms with van der Waals surface area (Å²) >= 11 is 0. The first-order chi connectivity index (χ1) is 18.5. The molecule has 1 aromatic heterocycles. The third kappa shape index (κ3) is 5.90. The predicted octanol–water partition coefficient (Wildman–Crippen LogP) is 2.97. The zero-order valence-corrected chi connectivity index (χ0v) is 23.6. The van der Waals surface area contributed by atoms with E-state index in [0.717, 1.165) is 69.3 Å². The number of hydrogen-bond donors (Lipinski definition) is 1. The molecule has 3 saturated heterocycles. The number of ether oxygens (including phenoxy) is 1. The molecule has 0 bridgehead atoms. The van der Waals surface area contributed by atoms with E-state index in [1.54, 1.807) is 11.6 Å². The highest BCUT2D eigenvalue weighted by Crippen LogP contribution is 2.29. The first kappa shape index (κ1) is 27.4. The van der Waals surface area contributed by atoms with E-state index in [0.29, 0.717) is 18.4 Å². The Kier molecular flexibility index (Phi) is 7.59. The number of carbonyl (C=O) groups excluding carboxylic acids is 3. The normalized spacial score (nSPS) is 22.4. The number of nitrogens with one attached hydrogen (secondary N) is 1. The summed E-state index contributed by atoms with van der Waals surface area (Å²) in [6.07, 6.45) is 5.54. The molecule has 3 amide bonds. The van der Waals surface area contributed by atoms with Crippen LogP contribution in [0.15, 0.2) is 23.0 Å². The fraction of sp³-hybridized carbons (Fsp3) is 0.655. The summed E-state index contributed by atoms with van der Waals surface area (Å²) in [6, 6.07) is 5.96. The summed E-state index contributed by atoms with van der Waals surface area (Å²) in [5.41, 5.74) is 2.04. The molecule has 10 nitrogen and oxygen atoms in total. The number of benzene rings is 1. The number of fused-ring (bicyclic) bond motifs is 1. The molecule has 4 heterocycles. The standard InChI is InChI=1S/C29H41N5O5/c1-29(2,3)39-28(38)33-15-11-21(12-16-33)32-13-9-19(10-14-32)17-20-5-6-22-24(18-20)31(4)27(37)34(22)23-7-8-25(35)30-26(23)36/h5-6,18-19,21,23H,7-17H2,1-4H3,(H,30,35,36). The zero-order chi connectivity index (χ0) is 27.9. The molecule has 3 aliphatic rings. The molecule has 1 aromatic carbocycles. The number of likely N-dealkylation sites (tertiary alicyclic amines) is 2. The smallest absolute Gasteiger partial charge is 0.410 e. The van der Waals surface area contributed by atoms with Gasteiger partial charge in [0.2, 0.25) is 11.8 Å². The number of piperidine rings is 3. The van der Waals surface area contributed by atoms with Crippen molar-refractivity contribution in [2.24, 2.45) is 13.0 Å². The molecular weight excluding hydrogens is 498 g/mol. The SMILES string of the molecule is Cn1c(=O)n(C2CCC(=O)NC2=O)c2ccc(CC3CCN(C4CCN(C(=O)OC(C)(C)C)CC4)CC3)cc21. The van der Waals surface area contributed by atoms with Gasteiger partial charge in [-0.15, -0.1) is 0 Å². The van der Waals surface area contributed by atoms with Crippen LogP contribution in [0.4, 0.5) is 4.79 Å². The number of amides is 3. The minimum atomic E-state index is -0.662. The third-order valence-electron chi connectivity index (χ3n) is 8.48. The Balaban J connectivity index is 1.17. The number of nitrogens with zero attached hydrogens (tertiary/aromatic N) is 4. The summed E-state index contributed by atoms with van der Waals surface area (Å²) in [4.78, 5) is 53.9. The predicted molar refractivity (Wildman–Crippen MR) is 147 cm³/mol. The highest BCUT2D eigenvalue weighted by molar-refractivity contribution is 6.00. The first-order valence-corrected chi connectivity index (χ1v) is 14.3. The number of hydrogen-bond acceptors (Lipinski definition) is 6. The van der Waals surface area contributed by atoms with Gasteiger partial charge in [-0.05, 0) is 96.0 Å². The summed E-state index contributed by atoms with van der Waals surface area (Å²) in [6.45, 7) is 9.33. The van der Waals surface area contributed by atoms with E-state index in [1.165, 1.54) is 10.1 Å². The number of rotatable bonds is 4. The van der Waals surface area contributed by atoms with Gasteiger partial charge in [-0.1, -0.05) is 6.07 Å². The van der Waals surface area contributed by atoms with Crippen molar-refractivity contribution in [2.45, 2.75) is 83.4 Å². The van der Waals surface area contributed by atoms with Gasteiger partial charge in [-0.25, -0.2) is 9.59 Å². The van der Waals surface area contributed by atoms with Gasteiger partial charge in [0.05, 0.1) is 11.0 Å². The lowest BCUT2D eigenvalue weighted by atomic mass is 9.88. The van der Waals surface area contributed by atoms with Crippen LogP contribution in [0.25, 0.3) is 11.0 Å². The maximum Gasteiger partial charge on any atom is 0.410 e. The van der Waals surface area contributed by atoms with E-state index in [9.17, 15) is 19.2 Å². The van der Waals surface area contributed by atoms with Crippen LogP contribution in [0.5, 0.6) is 0 Å². The molecule has 1 atom stereocenters. The van der Waals surface area contributed by atoms with Crippen LogP contribution in [0, 0.1) is 5.92 Å². The Morgan fingerprint density at radius 2 is 1.67 bits per heavy atom. The van der Waals surface area contributed by atoms with E-state index in [2.05, 4.69) is 22.3 Å². The van der Waals surface area contributed by atoms with Crippen molar-refractivity contribution < 1.29 is 19.1 Å². The van der Waals surface area contributed by atoms with Gasteiger partial charge >= 0.3 is 11.8 Å². The Morgan fingerprint density at radius 1 is 0.974 bits per heavy atom. The van der Waals surface area contributed by atoms with Crippen molar-refractivity contribution >= 4 is 28.9 Å². The number of aromatic nitrogens is 2. The van der Waals surface area contributed by atoms with Crippen LogP contribution >= 0.6 is 0 Å². The molecule has 10 heteroatoms. The number of imide groups is 1. The summed E-state index contributed by atoms with van der Waals surface area (Å²) in [5.74, 6) is -0.119. The Bertz CT molecular complexity index is 1310. The molecule has 39 heavy (non-hydrogen) atoms. The van der Waals surface area contributed by atoms with Crippen molar-refractivity contribution in [3.05, 3.63) is 34.2 Å². The highest BCUT2D eigenvalue weighted by atomic mass is 16.6. The summed E-state index contributed by atoms with van der Waals surface area (Å²) in [5, 5.41) is 2.36. The van der Waals surface area contributed by atoms with E-state index in [-0.39, 0.29) is 24.1 Å². The second-order valence-corrected chi connectivity index (χ2v) is 12.4. The lowest BCUT2D eigenvalue weighted by molar-refractivity contribution is -0.135. The quantitative estimate of drug-likeness (QED) is 0.599. The second-order valence-electron chi connectivity index (χ2n) is 12.4. The lowest BCUT2D eigenvalue weighted by Gasteiger charge is -2.42. The molecule has 2 aromatic rings. The van der Waals surface area contributed by atoms with Gasteiger partial charge in [-0.3, -0.25) is 24.0 Å². The largest absolute Gasteiger partial charge is 0.444 e. The molecule has 1 unspecified atom stereocenters. The average molecular weight is 540 g/mol. The maximum atomic E-state index is 13.0. The highest BCUT2D eigenvalue weighted by Gasteiger charge is 2.33. The number of imidazole rings is 1. The molecule has 212 valence electrons. The lowest BCUT2D eigenvalue weighted by Crippen LogP contribution is -2.49. The average Bonchev–Trinajstić information content (AvgIpc) is 3.13. The molecule has 5 rings (SSSR count). The Morgan fingerprint density at radius 3 is 2.31 bits per heavy atom. The maximum absolute atomic E-state index is 13.0. The fourth-order valence-electron chi connectivity index (χ4n) is 6.36. The number of aryl methyl sites for hydroxylation is 1. The van der Waals surface area contributed by atoms with E-state index in [4.69, 9.17) is 4.74 Å². The van der Waals surface area contributed by atoms with Gasteiger partial charge in [-0.2, -0.15) is 0 Å². The van der Waals surface area contributed by atoms with E-state index in [1.807, 2.05) is 31.7 Å². The van der Waals surface area contributed by atoms with Crippen LogP contribution in [-0.4, -0.2) is 74.7 Å². The van der Waals surface area contributed by atoms with Gasteiger partial charge in [0.1, 0.15) is 11.6 Å². The second kappa shape index (κ2) is 10.8. The third-order valence-corrected chi connectivity index (χ3v) is 8.48. The van der Waals surface area contributed by atoms with E-state index >= 15 is 0 Å². The van der Waals surface area contributed by atoms with Crippen LogP contribution in [0.2, 0.25) is 0 Å². The topological polar surface area (TPSA) is 106 Å². The summed E-state index contributed by atoms with van der Waals surface area (Å²) in [7, 11) is 1.74. The molecule has 1 N–H and O–H groups in total. The van der Waals surface area contributed by atoms with Crippen molar-refractivity contribution in [3.8, 4) is 0 Å². The molecule has 0 aliphatic carbocycles. The molecular formula is C29H41N5O5. The van der Waals surface area contributed by atoms with Crippen LogP contribution < -0.4 is 11.0 Å². The van der Waals surface area contributed by atoms with Crippen molar-refractivity contribution in [2.75, 3.05) is 26.2 Å². The molecule has 3 fully saturated rings. The first-order valence-electron chi connectivity index (χ1n) is 14.3. The Hall–Kier alpha value is -3.14. The Labute approximate surface area is 229 Å².